The van der Waals surface area contributed by atoms with Gasteiger partial charge in [0.25, 0.3) is 0 Å². The molecule has 0 aromatic carbocycles. The summed E-state index contributed by atoms with van der Waals surface area (Å²) in [7, 11) is 2.20. The van der Waals surface area contributed by atoms with Gasteiger partial charge in [-0.15, -0.1) is 0 Å². The van der Waals surface area contributed by atoms with Crippen LogP contribution in [0.3, 0.4) is 0 Å². The maximum atomic E-state index is 8.85. The van der Waals surface area contributed by atoms with Crippen LogP contribution in [0.15, 0.2) is 0 Å². The molecule has 0 radical (unpaired) electrons. The average Bonchev–Trinajstić information content (AvgIpc) is 2.51. The monoisotopic (exact) mass is 186 g/mol. The quantitative estimate of drug-likeness (QED) is 0.673. The molecule has 0 aromatic heterocycles. The lowest BCUT2D eigenvalue weighted by atomic mass is 10.2. The second kappa shape index (κ2) is 5.58. The van der Waals surface area contributed by atoms with Crippen molar-refractivity contribution < 1.29 is 5.11 Å². The summed E-state index contributed by atoms with van der Waals surface area (Å²) in [5, 5.41) is 8.85. The van der Waals surface area contributed by atoms with Crippen LogP contribution in [-0.2, 0) is 0 Å². The van der Waals surface area contributed by atoms with Crippen molar-refractivity contribution in [3.05, 3.63) is 0 Å². The summed E-state index contributed by atoms with van der Waals surface area (Å²) >= 11 is 0. The Morgan fingerprint density at radius 1 is 1.54 bits per heavy atom. The predicted molar refractivity (Wildman–Crippen MR) is 54.9 cm³/mol. The van der Waals surface area contributed by atoms with E-state index >= 15 is 0 Å². The maximum absolute atomic E-state index is 8.85. The average molecular weight is 186 g/mol. The van der Waals surface area contributed by atoms with Gasteiger partial charge in [-0.2, -0.15) is 0 Å². The predicted octanol–water partition coefficient (Wildman–Crippen LogP) is 0.395. The van der Waals surface area contributed by atoms with Crippen molar-refractivity contribution >= 4 is 0 Å². The van der Waals surface area contributed by atoms with Crippen LogP contribution in [0.2, 0.25) is 0 Å². The Morgan fingerprint density at radius 2 is 2.31 bits per heavy atom. The number of aliphatic hydroxyl groups excluding tert-OH is 1. The molecule has 1 saturated heterocycles. The molecule has 1 aliphatic rings. The molecule has 0 saturated carbocycles. The van der Waals surface area contributed by atoms with Gasteiger partial charge in [0.1, 0.15) is 0 Å². The molecule has 0 aromatic rings. The van der Waals surface area contributed by atoms with Gasteiger partial charge in [-0.05, 0) is 33.0 Å². The molecular weight excluding hydrogens is 164 g/mol. The first-order valence-electron chi connectivity index (χ1n) is 5.31. The van der Waals surface area contributed by atoms with Crippen LogP contribution in [0.25, 0.3) is 0 Å². The summed E-state index contributed by atoms with van der Waals surface area (Å²) in [5.41, 5.74) is 0. The number of hydrogen-bond acceptors (Lipinski definition) is 3. The molecule has 3 nitrogen and oxygen atoms in total. The lowest BCUT2D eigenvalue weighted by Crippen LogP contribution is -2.39. The highest BCUT2D eigenvalue weighted by molar-refractivity contribution is 4.79. The van der Waals surface area contributed by atoms with Crippen molar-refractivity contribution in [3.63, 3.8) is 0 Å². The largest absolute Gasteiger partial charge is 0.395 e. The minimum atomic E-state index is 0.282. The molecule has 1 heterocycles. The maximum Gasteiger partial charge on any atom is 0.0558 e. The highest BCUT2D eigenvalue weighted by atomic mass is 16.3. The van der Waals surface area contributed by atoms with Gasteiger partial charge in [0.2, 0.25) is 0 Å². The Labute approximate surface area is 81.3 Å². The van der Waals surface area contributed by atoms with Crippen molar-refractivity contribution in [2.45, 2.75) is 25.8 Å². The molecule has 1 atom stereocenters. The standard InChI is InChI=1S/C10H22N2O/c1-3-12(7-8-13)9-10-5-4-6-11(10)2/h10,13H,3-9H2,1-2H3/t10-/m0/s1. The summed E-state index contributed by atoms with van der Waals surface area (Å²) < 4.78 is 0. The van der Waals surface area contributed by atoms with Gasteiger partial charge in [0, 0.05) is 19.1 Å². The number of likely N-dealkylation sites (N-methyl/N-ethyl adjacent to an activating group) is 2. The third-order valence-corrected chi connectivity index (χ3v) is 3.00. The van der Waals surface area contributed by atoms with Gasteiger partial charge in [-0.25, -0.2) is 0 Å². The van der Waals surface area contributed by atoms with Gasteiger partial charge in [0.15, 0.2) is 0 Å². The molecule has 0 unspecified atom stereocenters. The zero-order valence-electron chi connectivity index (χ0n) is 8.87. The minimum Gasteiger partial charge on any atom is -0.395 e. The number of hydrogen-bond donors (Lipinski definition) is 1. The van der Waals surface area contributed by atoms with Gasteiger partial charge in [-0.1, -0.05) is 6.92 Å². The SMILES string of the molecule is CCN(CCO)C[C@@H]1CCCN1C. The van der Waals surface area contributed by atoms with Gasteiger partial charge in [-0.3, -0.25) is 4.90 Å². The van der Waals surface area contributed by atoms with E-state index in [4.69, 9.17) is 5.11 Å². The van der Waals surface area contributed by atoms with E-state index in [-0.39, 0.29) is 6.61 Å². The van der Waals surface area contributed by atoms with E-state index in [0.29, 0.717) is 6.04 Å². The smallest absolute Gasteiger partial charge is 0.0558 e. The van der Waals surface area contributed by atoms with Crippen LogP contribution in [0.5, 0.6) is 0 Å². The second-order valence-electron chi connectivity index (χ2n) is 3.89. The van der Waals surface area contributed by atoms with Crippen molar-refractivity contribution in [1.29, 1.82) is 0 Å². The molecule has 1 N–H and O–H groups in total. The fourth-order valence-corrected chi connectivity index (χ4v) is 2.03. The fourth-order valence-electron chi connectivity index (χ4n) is 2.03. The molecule has 3 heteroatoms. The van der Waals surface area contributed by atoms with Crippen molar-refractivity contribution in [3.8, 4) is 0 Å². The second-order valence-corrected chi connectivity index (χ2v) is 3.89. The molecule has 1 aliphatic heterocycles. The van der Waals surface area contributed by atoms with Gasteiger partial charge in [0.05, 0.1) is 6.61 Å². The minimum absolute atomic E-state index is 0.282. The summed E-state index contributed by atoms with van der Waals surface area (Å²) in [6, 6.07) is 0.714. The van der Waals surface area contributed by atoms with E-state index < -0.39 is 0 Å². The van der Waals surface area contributed by atoms with Crippen LogP contribution in [0, 0.1) is 0 Å². The Morgan fingerprint density at radius 3 is 2.77 bits per heavy atom. The summed E-state index contributed by atoms with van der Waals surface area (Å²) in [6.45, 7) is 6.66. The molecule has 78 valence electrons. The number of rotatable bonds is 5. The van der Waals surface area contributed by atoms with Crippen LogP contribution in [-0.4, -0.2) is 60.8 Å². The summed E-state index contributed by atoms with van der Waals surface area (Å²) in [5.74, 6) is 0. The van der Waals surface area contributed by atoms with Crippen molar-refractivity contribution in [2.75, 3.05) is 39.8 Å². The van der Waals surface area contributed by atoms with Crippen LogP contribution < -0.4 is 0 Å². The molecule has 0 aliphatic carbocycles. The van der Waals surface area contributed by atoms with Crippen LogP contribution in [0.1, 0.15) is 19.8 Å². The van der Waals surface area contributed by atoms with E-state index in [9.17, 15) is 0 Å². The van der Waals surface area contributed by atoms with Crippen LogP contribution >= 0.6 is 0 Å². The summed E-state index contributed by atoms with van der Waals surface area (Å²) in [4.78, 5) is 4.76. The van der Waals surface area contributed by atoms with Crippen LogP contribution in [0.4, 0.5) is 0 Å². The Bertz CT molecular complexity index is 141. The Hall–Kier alpha value is -0.120. The molecule has 0 bridgehead atoms. The van der Waals surface area contributed by atoms with Crippen molar-refractivity contribution in [1.82, 2.24) is 9.80 Å². The highest BCUT2D eigenvalue weighted by Gasteiger charge is 2.22. The third-order valence-electron chi connectivity index (χ3n) is 3.00. The topological polar surface area (TPSA) is 26.7 Å². The highest BCUT2D eigenvalue weighted by Crippen LogP contribution is 2.15. The number of aliphatic hydroxyl groups is 1. The van der Waals surface area contributed by atoms with Gasteiger partial charge >= 0.3 is 0 Å². The molecule has 0 spiro atoms. The van der Waals surface area contributed by atoms with E-state index in [1.807, 2.05) is 0 Å². The van der Waals surface area contributed by atoms with E-state index in [2.05, 4.69) is 23.8 Å². The third kappa shape index (κ3) is 3.25. The molecule has 1 fully saturated rings. The van der Waals surface area contributed by atoms with Gasteiger partial charge < -0.3 is 10.0 Å². The zero-order chi connectivity index (χ0) is 9.68. The lowest BCUT2D eigenvalue weighted by molar-refractivity contribution is 0.163. The first-order valence-corrected chi connectivity index (χ1v) is 5.31. The number of likely N-dealkylation sites (tertiary alicyclic amines) is 1. The molecule has 0 amide bonds. The number of nitrogens with zero attached hydrogens (tertiary/aromatic N) is 2. The first-order chi connectivity index (χ1) is 6.27. The molecule has 13 heavy (non-hydrogen) atoms. The van der Waals surface area contributed by atoms with E-state index in [1.54, 1.807) is 0 Å². The fraction of sp³-hybridized carbons (Fsp3) is 1.00. The zero-order valence-corrected chi connectivity index (χ0v) is 8.87. The normalized spacial score (nSPS) is 24.5. The lowest BCUT2D eigenvalue weighted by Gasteiger charge is -2.27. The van der Waals surface area contributed by atoms with Crippen molar-refractivity contribution in [2.24, 2.45) is 0 Å². The first kappa shape index (κ1) is 11.0. The van der Waals surface area contributed by atoms with E-state index in [0.717, 1.165) is 19.6 Å². The molecular formula is C10H22N2O. The molecule has 1 rings (SSSR count). The summed E-state index contributed by atoms with van der Waals surface area (Å²) in [6.07, 6.45) is 2.65. The Balaban J connectivity index is 2.27. The van der Waals surface area contributed by atoms with E-state index in [1.165, 1.54) is 19.4 Å². The Kier molecular flexibility index (Phi) is 4.70.